The van der Waals surface area contributed by atoms with E-state index in [-0.39, 0.29) is 17.1 Å². The minimum Gasteiger partial charge on any atom is -0.322 e. The summed E-state index contributed by atoms with van der Waals surface area (Å²) in [4.78, 5) is 4.26. The van der Waals surface area contributed by atoms with E-state index in [2.05, 4.69) is 63.2 Å². The Balaban J connectivity index is 0.000000541. The summed E-state index contributed by atoms with van der Waals surface area (Å²) in [5.74, 6) is 0. The molecule has 0 aliphatic heterocycles. The molecule has 0 fully saturated rings. The molecule has 0 saturated carbocycles. The lowest BCUT2D eigenvalue weighted by molar-refractivity contribution is 0.106. The second-order valence-electron chi connectivity index (χ2n) is 7.34. The van der Waals surface area contributed by atoms with E-state index in [1.54, 1.807) is 0 Å². The minimum absolute atomic E-state index is 0.0569. The van der Waals surface area contributed by atoms with Crippen molar-refractivity contribution in [2.24, 2.45) is 5.73 Å². The number of rotatable bonds is 8. The van der Waals surface area contributed by atoms with Gasteiger partial charge in [0.25, 0.3) is 0 Å². The molecule has 0 heterocycles. The van der Waals surface area contributed by atoms with E-state index in [0.717, 1.165) is 25.7 Å². The Morgan fingerprint density at radius 1 is 0.885 bits per heavy atom. The minimum atomic E-state index is -0.236. The van der Waals surface area contributed by atoms with Crippen LogP contribution >= 0.6 is 0 Å². The molecule has 0 radical (unpaired) electrons. The van der Waals surface area contributed by atoms with Crippen molar-refractivity contribution in [3.8, 4) is 6.07 Å². The maximum Gasteiger partial charge on any atom is 0.108 e. The predicted molar refractivity (Wildman–Crippen MR) is 113 cm³/mol. The van der Waals surface area contributed by atoms with Crippen LogP contribution in [-0.2, 0) is 0 Å². The molecule has 0 saturated heterocycles. The van der Waals surface area contributed by atoms with Crippen molar-refractivity contribution in [2.45, 2.75) is 70.5 Å². The molecule has 1 atom stereocenters. The molecular weight excluding hydrogens is 320 g/mol. The molecule has 0 bridgehead atoms. The average Bonchev–Trinajstić information content (AvgIpc) is 2.65. The van der Waals surface area contributed by atoms with Gasteiger partial charge in [0, 0.05) is 11.6 Å². The van der Waals surface area contributed by atoms with Crippen molar-refractivity contribution in [3.05, 3.63) is 35.9 Å². The van der Waals surface area contributed by atoms with Crippen LogP contribution in [-0.4, -0.2) is 49.1 Å². The van der Waals surface area contributed by atoms with Crippen LogP contribution < -0.4 is 5.73 Å². The molecule has 4 heteroatoms. The van der Waals surface area contributed by atoms with Crippen LogP contribution in [0.2, 0.25) is 0 Å². The lowest BCUT2D eigenvalue weighted by atomic mass is 9.80. The molecular formula is C22H40N4. The average molecular weight is 361 g/mol. The summed E-state index contributed by atoms with van der Waals surface area (Å²) in [6.07, 6.45) is 3.92. The van der Waals surface area contributed by atoms with Gasteiger partial charge < -0.3 is 10.6 Å². The topological polar surface area (TPSA) is 56.3 Å². The van der Waals surface area contributed by atoms with E-state index < -0.39 is 0 Å². The number of benzene rings is 1. The standard InChI is InChI=1S/C14H24N2.C8H16N2/c1-5-14(6-2,16(3)4)13(15)12-10-8-7-9-11-12;1-5-8(6-2,7-9)10(3)4/h7-11,13H,5-6,15H2,1-4H3;5-6H2,1-4H3. The van der Waals surface area contributed by atoms with E-state index in [1.165, 1.54) is 5.56 Å². The van der Waals surface area contributed by atoms with Gasteiger partial charge in [0.05, 0.1) is 6.07 Å². The second kappa shape index (κ2) is 11.3. The first kappa shape index (κ1) is 24.6. The van der Waals surface area contributed by atoms with E-state index in [0.29, 0.717) is 0 Å². The van der Waals surface area contributed by atoms with Crippen LogP contribution in [0, 0.1) is 11.3 Å². The van der Waals surface area contributed by atoms with Crippen molar-refractivity contribution in [3.63, 3.8) is 0 Å². The largest absolute Gasteiger partial charge is 0.322 e. The lowest BCUT2D eigenvalue weighted by Crippen LogP contribution is -2.51. The molecule has 1 aromatic carbocycles. The van der Waals surface area contributed by atoms with Gasteiger partial charge in [0.2, 0.25) is 0 Å². The predicted octanol–water partition coefficient (Wildman–Crippen LogP) is 4.44. The third kappa shape index (κ3) is 5.54. The number of hydrogen-bond donors (Lipinski definition) is 1. The second-order valence-corrected chi connectivity index (χ2v) is 7.34. The molecule has 0 amide bonds. The van der Waals surface area contributed by atoms with Gasteiger partial charge in [-0.05, 0) is 59.4 Å². The van der Waals surface area contributed by atoms with Crippen molar-refractivity contribution in [1.82, 2.24) is 9.80 Å². The van der Waals surface area contributed by atoms with Crippen LogP contribution in [0.15, 0.2) is 30.3 Å². The van der Waals surface area contributed by atoms with Crippen molar-refractivity contribution in [1.29, 1.82) is 5.26 Å². The van der Waals surface area contributed by atoms with E-state index in [9.17, 15) is 0 Å². The van der Waals surface area contributed by atoms with Crippen LogP contribution in [0.1, 0.15) is 65.0 Å². The molecule has 1 rings (SSSR count). The van der Waals surface area contributed by atoms with Gasteiger partial charge in [-0.15, -0.1) is 0 Å². The maximum absolute atomic E-state index is 8.86. The van der Waals surface area contributed by atoms with Crippen LogP contribution in [0.25, 0.3) is 0 Å². The van der Waals surface area contributed by atoms with E-state index in [1.807, 2.05) is 38.9 Å². The van der Waals surface area contributed by atoms with Crippen molar-refractivity contribution in [2.75, 3.05) is 28.2 Å². The summed E-state index contributed by atoms with van der Waals surface area (Å²) >= 11 is 0. The maximum atomic E-state index is 8.86. The molecule has 0 aliphatic carbocycles. The summed E-state index contributed by atoms with van der Waals surface area (Å²) in [6, 6.07) is 12.8. The lowest BCUT2D eigenvalue weighted by Gasteiger charge is -2.43. The summed E-state index contributed by atoms with van der Waals surface area (Å²) in [5, 5.41) is 8.86. The zero-order valence-electron chi connectivity index (χ0n) is 18.2. The van der Waals surface area contributed by atoms with E-state index in [4.69, 9.17) is 11.0 Å². The summed E-state index contributed by atoms with van der Waals surface area (Å²) in [7, 11) is 8.15. The zero-order chi connectivity index (χ0) is 20.4. The monoisotopic (exact) mass is 360 g/mol. The third-order valence-electron chi connectivity index (χ3n) is 6.09. The Labute approximate surface area is 162 Å². The summed E-state index contributed by atoms with van der Waals surface area (Å²) < 4.78 is 0. The highest BCUT2D eigenvalue weighted by molar-refractivity contribution is 5.22. The fourth-order valence-corrected chi connectivity index (χ4v) is 3.71. The Hall–Kier alpha value is -1.41. The molecule has 1 aromatic rings. The summed E-state index contributed by atoms with van der Waals surface area (Å²) in [6.45, 7) is 8.53. The highest BCUT2D eigenvalue weighted by Crippen LogP contribution is 2.33. The third-order valence-corrected chi connectivity index (χ3v) is 6.09. The first-order chi connectivity index (χ1) is 12.2. The Kier molecular flexibility index (Phi) is 10.7. The Morgan fingerprint density at radius 3 is 1.58 bits per heavy atom. The number of likely N-dealkylation sites (N-methyl/N-ethyl adjacent to an activating group) is 1. The smallest absolute Gasteiger partial charge is 0.108 e. The fraction of sp³-hybridized carbons (Fsp3) is 0.682. The molecule has 4 nitrogen and oxygen atoms in total. The Morgan fingerprint density at radius 2 is 1.35 bits per heavy atom. The zero-order valence-corrected chi connectivity index (χ0v) is 18.2. The van der Waals surface area contributed by atoms with Gasteiger partial charge in [-0.2, -0.15) is 5.26 Å². The van der Waals surface area contributed by atoms with Crippen LogP contribution in [0.3, 0.4) is 0 Å². The van der Waals surface area contributed by atoms with E-state index >= 15 is 0 Å². The molecule has 148 valence electrons. The fourth-order valence-electron chi connectivity index (χ4n) is 3.71. The van der Waals surface area contributed by atoms with Gasteiger partial charge in [0.15, 0.2) is 0 Å². The van der Waals surface area contributed by atoms with Crippen molar-refractivity contribution < 1.29 is 0 Å². The van der Waals surface area contributed by atoms with Gasteiger partial charge in [-0.25, -0.2) is 0 Å². The van der Waals surface area contributed by atoms with Gasteiger partial charge in [-0.3, -0.25) is 4.90 Å². The first-order valence-electron chi connectivity index (χ1n) is 9.77. The van der Waals surface area contributed by atoms with Gasteiger partial charge in [-0.1, -0.05) is 58.0 Å². The highest BCUT2D eigenvalue weighted by atomic mass is 15.2. The number of nitrogens with zero attached hydrogens (tertiary/aromatic N) is 3. The molecule has 0 aromatic heterocycles. The molecule has 0 aliphatic rings. The SMILES string of the molecule is CCC(C#N)(CC)N(C)C.CCC(CC)(C(N)c1ccccc1)N(C)C. The molecule has 2 N–H and O–H groups in total. The number of nitrogens with two attached hydrogens (primary N) is 1. The normalized spacial score (nSPS) is 13.2. The first-order valence-corrected chi connectivity index (χ1v) is 9.77. The number of nitriles is 1. The Bertz CT molecular complexity index is 523. The molecule has 0 spiro atoms. The highest BCUT2D eigenvalue weighted by Gasteiger charge is 2.36. The quantitative estimate of drug-likeness (QED) is 0.745. The molecule has 26 heavy (non-hydrogen) atoms. The molecule has 1 unspecified atom stereocenters. The van der Waals surface area contributed by atoms with Crippen LogP contribution in [0.4, 0.5) is 0 Å². The van der Waals surface area contributed by atoms with Gasteiger partial charge in [0.1, 0.15) is 5.54 Å². The number of hydrogen-bond acceptors (Lipinski definition) is 4. The summed E-state index contributed by atoms with van der Waals surface area (Å²) in [5.41, 5.74) is 7.50. The van der Waals surface area contributed by atoms with Crippen molar-refractivity contribution >= 4 is 0 Å². The van der Waals surface area contributed by atoms with Gasteiger partial charge >= 0.3 is 0 Å². The van der Waals surface area contributed by atoms with Crippen LogP contribution in [0.5, 0.6) is 0 Å².